The second-order valence-electron chi connectivity index (χ2n) is 6.96. The third-order valence-corrected chi connectivity index (χ3v) is 5.36. The largest absolute Gasteiger partial charge is 0.451 e. The molecule has 1 unspecified atom stereocenters. The van der Waals surface area contributed by atoms with Crippen molar-refractivity contribution in [2.24, 2.45) is 5.92 Å². The van der Waals surface area contributed by atoms with Crippen LogP contribution in [0.1, 0.15) is 30.3 Å². The van der Waals surface area contributed by atoms with Crippen LogP contribution in [-0.4, -0.2) is 43.0 Å². The van der Waals surface area contributed by atoms with Crippen molar-refractivity contribution in [2.75, 3.05) is 31.5 Å². The van der Waals surface area contributed by atoms with Gasteiger partial charge in [-0.15, -0.1) is 0 Å². The van der Waals surface area contributed by atoms with Gasteiger partial charge in [0, 0.05) is 30.4 Å². The van der Waals surface area contributed by atoms with Gasteiger partial charge in [-0.2, -0.15) is 0 Å². The summed E-state index contributed by atoms with van der Waals surface area (Å²) in [4.78, 5) is 15.0. The van der Waals surface area contributed by atoms with Crippen molar-refractivity contribution in [3.8, 4) is 11.3 Å². The minimum atomic E-state index is -0.106. The zero-order valence-electron chi connectivity index (χ0n) is 14.6. The lowest BCUT2D eigenvalue weighted by molar-refractivity contribution is 0.0606. The topological polar surface area (TPSA) is 57.5 Å². The molecule has 1 atom stereocenters. The van der Waals surface area contributed by atoms with Gasteiger partial charge in [0.25, 0.3) is 5.91 Å². The monoisotopic (exact) mass is 339 g/mol. The molecule has 1 aromatic heterocycles. The van der Waals surface area contributed by atoms with Crippen LogP contribution in [-0.2, 0) is 0 Å². The molecule has 0 saturated carbocycles. The van der Waals surface area contributed by atoms with Crippen LogP contribution in [0.4, 0.5) is 5.69 Å². The fourth-order valence-corrected chi connectivity index (χ4v) is 4.02. The zero-order chi connectivity index (χ0) is 17.2. The van der Waals surface area contributed by atoms with E-state index in [1.165, 1.54) is 25.9 Å². The standard InChI is InChI=1S/C20H25N3O2/c1-2-21-16-6-4-3-5-15(16)18-7-8-19(25-18)20(24)22-17-13-23-11-9-14(17)10-12-23/h3-8,14,17,21H,2,9-13H2,1H3,(H,22,24). The second-order valence-corrected chi connectivity index (χ2v) is 6.96. The highest BCUT2D eigenvalue weighted by Gasteiger charge is 2.35. The van der Waals surface area contributed by atoms with Gasteiger partial charge in [-0.1, -0.05) is 12.1 Å². The first-order valence-electron chi connectivity index (χ1n) is 9.21. The molecule has 5 rings (SSSR count). The van der Waals surface area contributed by atoms with Crippen molar-refractivity contribution in [3.63, 3.8) is 0 Å². The molecule has 0 radical (unpaired) electrons. The van der Waals surface area contributed by atoms with Crippen LogP contribution in [0.3, 0.4) is 0 Å². The molecule has 25 heavy (non-hydrogen) atoms. The molecule has 3 aliphatic heterocycles. The Morgan fingerprint density at radius 3 is 2.72 bits per heavy atom. The average Bonchev–Trinajstić information content (AvgIpc) is 3.14. The first-order chi connectivity index (χ1) is 12.2. The number of hydrogen-bond acceptors (Lipinski definition) is 4. The van der Waals surface area contributed by atoms with Crippen LogP contribution in [0.2, 0.25) is 0 Å². The molecule has 5 heteroatoms. The fourth-order valence-electron chi connectivity index (χ4n) is 4.02. The number of nitrogens with zero attached hydrogens (tertiary/aromatic N) is 1. The maximum Gasteiger partial charge on any atom is 0.287 e. The summed E-state index contributed by atoms with van der Waals surface area (Å²) in [5.41, 5.74) is 2.00. The van der Waals surface area contributed by atoms with E-state index < -0.39 is 0 Å². The molecule has 132 valence electrons. The summed E-state index contributed by atoms with van der Waals surface area (Å²) in [5.74, 6) is 1.61. The van der Waals surface area contributed by atoms with Crippen molar-refractivity contribution in [1.82, 2.24) is 10.2 Å². The van der Waals surface area contributed by atoms with Crippen LogP contribution >= 0.6 is 0 Å². The molecule has 0 spiro atoms. The van der Waals surface area contributed by atoms with Crippen molar-refractivity contribution >= 4 is 11.6 Å². The van der Waals surface area contributed by atoms with E-state index in [4.69, 9.17) is 4.42 Å². The Kier molecular flexibility index (Phi) is 4.49. The number of carbonyl (C=O) groups is 1. The van der Waals surface area contributed by atoms with Gasteiger partial charge in [-0.25, -0.2) is 0 Å². The van der Waals surface area contributed by atoms with Crippen molar-refractivity contribution in [3.05, 3.63) is 42.2 Å². The Labute approximate surface area is 148 Å². The Morgan fingerprint density at radius 1 is 1.20 bits per heavy atom. The molecule has 3 fully saturated rings. The third-order valence-electron chi connectivity index (χ3n) is 5.36. The van der Waals surface area contributed by atoms with Gasteiger partial charge in [0.15, 0.2) is 5.76 Å². The maximum absolute atomic E-state index is 12.6. The highest BCUT2D eigenvalue weighted by molar-refractivity contribution is 5.92. The number of hydrogen-bond donors (Lipinski definition) is 2. The number of nitrogens with one attached hydrogen (secondary N) is 2. The van der Waals surface area contributed by atoms with Gasteiger partial charge in [0.05, 0.1) is 0 Å². The summed E-state index contributed by atoms with van der Waals surface area (Å²) in [7, 11) is 0. The number of para-hydroxylation sites is 1. The molecule has 5 nitrogen and oxygen atoms in total. The molecule has 1 aromatic carbocycles. The number of rotatable bonds is 5. The van der Waals surface area contributed by atoms with E-state index in [1.54, 1.807) is 6.07 Å². The quantitative estimate of drug-likeness (QED) is 0.878. The summed E-state index contributed by atoms with van der Waals surface area (Å²) in [6, 6.07) is 11.9. The van der Waals surface area contributed by atoms with Gasteiger partial charge in [-0.3, -0.25) is 4.79 Å². The summed E-state index contributed by atoms with van der Waals surface area (Å²) in [6.07, 6.45) is 2.37. The number of piperidine rings is 3. The van der Waals surface area contributed by atoms with E-state index in [9.17, 15) is 4.79 Å². The van der Waals surface area contributed by atoms with Gasteiger partial charge >= 0.3 is 0 Å². The number of fused-ring (bicyclic) bond motifs is 3. The minimum absolute atomic E-state index is 0.106. The lowest BCUT2D eigenvalue weighted by Crippen LogP contribution is -2.57. The third kappa shape index (κ3) is 3.29. The Hall–Kier alpha value is -2.27. The summed E-state index contributed by atoms with van der Waals surface area (Å²) in [5, 5.41) is 6.51. The van der Waals surface area contributed by atoms with Crippen LogP contribution in [0.5, 0.6) is 0 Å². The second kappa shape index (κ2) is 6.92. The first-order valence-corrected chi connectivity index (χ1v) is 9.21. The van der Waals surface area contributed by atoms with E-state index in [2.05, 4.69) is 22.5 Å². The fraction of sp³-hybridized carbons (Fsp3) is 0.450. The Morgan fingerprint density at radius 2 is 2.00 bits per heavy atom. The zero-order valence-corrected chi connectivity index (χ0v) is 14.6. The predicted molar refractivity (Wildman–Crippen MR) is 98.7 cm³/mol. The summed E-state index contributed by atoms with van der Waals surface area (Å²) < 4.78 is 5.87. The van der Waals surface area contributed by atoms with Gasteiger partial charge in [0.1, 0.15) is 5.76 Å². The number of anilines is 1. The predicted octanol–water partition coefficient (Wildman–Crippen LogP) is 3.20. The highest BCUT2D eigenvalue weighted by atomic mass is 16.3. The highest BCUT2D eigenvalue weighted by Crippen LogP contribution is 2.30. The SMILES string of the molecule is CCNc1ccccc1-c1ccc(C(=O)NC2CN3CCC2CC3)o1. The van der Waals surface area contributed by atoms with E-state index >= 15 is 0 Å². The first kappa shape index (κ1) is 16.2. The molecule has 3 saturated heterocycles. The van der Waals surface area contributed by atoms with Crippen LogP contribution in [0.25, 0.3) is 11.3 Å². The van der Waals surface area contributed by atoms with Crippen molar-refractivity contribution in [2.45, 2.75) is 25.8 Å². The molecule has 2 bridgehead atoms. The minimum Gasteiger partial charge on any atom is -0.451 e. The number of furan rings is 1. The average molecular weight is 339 g/mol. The molecule has 3 aliphatic rings. The number of carbonyl (C=O) groups excluding carboxylic acids is 1. The van der Waals surface area contributed by atoms with Crippen LogP contribution in [0, 0.1) is 5.92 Å². The van der Waals surface area contributed by atoms with Crippen molar-refractivity contribution in [1.29, 1.82) is 0 Å². The maximum atomic E-state index is 12.6. The van der Waals surface area contributed by atoms with E-state index in [1.807, 2.05) is 30.3 Å². The summed E-state index contributed by atoms with van der Waals surface area (Å²) >= 11 is 0. The van der Waals surface area contributed by atoms with E-state index in [-0.39, 0.29) is 11.9 Å². The smallest absolute Gasteiger partial charge is 0.287 e. The molecule has 4 heterocycles. The Bertz CT molecular complexity index is 747. The molecule has 2 aromatic rings. The lowest BCUT2D eigenvalue weighted by Gasteiger charge is -2.44. The number of benzene rings is 1. The number of amides is 1. The van der Waals surface area contributed by atoms with Gasteiger partial charge in [0.2, 0.25) is 0 Å². The van der Waals surface area contributed by atoms with E-state index in [0.29, 0.717) is 11.7 Å². The lowest BCUT2D eigenvalue weighted by atomic mass is 9.84. The van der Waals surface area contributed by atoms with Gasteiger partial charge < -0.3 is 20.0 Å². The molecular weight excluding hydrogens is 314 g/mol. The summed E-state index contributed by atoms with van der Waals surface area (Å²) in [6.45, 7) is 6.20. The molecule has 2 N–H and O–H groups in total. The van der Waals surface area contributed by atoms with Crippen LogP contribution < -0.4 is 10.6 Å². The van der Waals surface area contributed by atoms with Gasteiger partial charge in [-0.05, 0) is 63.0 Å². The van der Waals surface area contributed by atoms with E-state index in [0.717, 1.165) is 30.1 Å². The normalized spacial score (nSPS) is 24.9. The molecular formula is C20H25N3O2. The molecule has 0 aliphatic carbocycles. The Balaban J connectivity index is 1.48. The molecule has 1 amide bonds. The van der Waals surface area contributed by atoms with Crippen molar-refractivity contribution < 1.29 is 9.21 Å². The van der Waals surface area contributed by atoms with Crippen LogP contribution in [0.15, 0.2) is 40.8 Å².